The molecule has 154 valence electrons. The van der Waals surface area contributed by atoms with Crippen molar-refractivity contribution in [3.8, 4) is 5.75 Å². The van der Waals surface area contributed by atoms with Gasteiger partial charge in [-0.05, 0) is 18.1 Å². The number of anilines is 2. The van der Waals surface area contributed by atoms with Crippen LogP contribution in [-0.2, 0) is 10.0 Å². The fourth-order valence-corrected chi connectivity index (χ4v) is 5.10. The fraction of sp³-hybridized carbons (Fsp3) is 0.312. The van der Waals surface area contributed by atoms with Crippen LogP contribution in [0.3, 0.4) is 0 Å². The Kier molecular flexibility index (Phi) is 7.54. The van der Waals surface area contributed by atoms with Crippen molar-refractivity contribution in [2.75, 3.05) is 17.2 Å². The maximum absolute atomic E-state index is 12.5. The van der Waals surface area contributed by atoms with E-state index in [-0.39, 0.29) is 31.5 Å². The zero-order chi connectivity index (χ0) is 21.1. The molecule has 0 bridgehead atoms. The Morgan fingerprint density at radius 3 is 2.46 bits per heavy atom. The van der Waals surface area contributed by atoms with Gasteiger partial charge in [0.05, 0.1) is 28.0 Å². The average molecular weight is 468 g/mol. The predicted octanol–water partition coefficient (Wildman–Crippen LogP) is 3.70. The molecule has 28 heavy (non-hydrogen) atoms. The first-order valence-corrected chi connectivity index (χ1v) is 11.1. The van der Waals surface area contributed by atoms with Crippen molar-refractivity contribution in [3.63, 3.8) is 0 Å². The summed E-state index contributed by atoms with van der Waals surface area (Å²) >= 11 is 12.6. The quantitative estimate of drug-likeness (QED) is 0.424. The van der Waals surface area contributed by atoms with Gasteiger partial charge in [-0.25, -0.2) is 17.9 Å². The van der Waals surface area contributed by atoms with Gasteiger partial charge < -0.3 is 20.8 Å². The summed E-state index contributed by atoms with van der Waals surface area (Å²) in [6, 6.07) is 3.22. The Labute approximate surface area is 176 Å². The standard InChI is InChI=1S/C16H19Cl2N3O5S2/c1-8(2)11(6-22)21-28(25,26)15-14(23)12(7-27-15)20-16(24)19-10-5-3-4-9(17)13(10)18/h3-5,7-8,11,21-23H,6H2,1-2H3,(H2,19,20,24)/t11-/m1/s1. The Hall–Kier alpha value is -1.56. The van der Waals surface area contributed by atoms with Gasteiger partial charge in [0, 0.05) is 11.4 Å². The molecule has 8 nitrogen and oxygen atoms in total. The molecule has 2 amide bonds. The molecule has 2 rings (SSSR count). The molecular weight excluding hydrogens is 449 g/mol. The number of amides is 2. The minimum atomic E-state index is -4.09. The SMILES string of the molecule is CC(C)[C@@H](CO)NS(=O)(=O)c1scc(NC(=O)Nc2cccc(Cl)c2Cl)c1O. The van der Waals surface area contributed by atoms with E-state index in [0.29, 0.717) is 0 Å². The van der Waals surface area contributed by atoms with Gasteiger partial charge >= 0.3 is 6.03 Å². The van der Waals surface area contributed by atoms with Crippen molar-refractivity contribution >= 4 is 62.0 Å². The van der Waals surface area contributed by atoms with Gasteiger partial charge in [0.15, 0.2) is 9.96 Å². The number of aliphatic hydroxyl groups is 1. The van der Waals surface area contributed by atoms with E-state index in [9.17, 15) is 23.4 Å². The summed E-state index contributed by atoms with van der Waals surface area (Å²) in [5, 5.41) is 26.0. The minimum absolute atomic E-state index is 0.0916. The van der Waals surface area contributed by atoms with Gasteiger partial charge in [0.25, 0.3) is 10.0 Å². The van der Waals surface area contributed by atoms with Crippen LogP contribution in [0.4, 0.5) is 16.2 Å². The Morgan fingerprint density at radius 1 is 1.21 bits per heavy atom. The van der Waals surface area contributed by atoms with Crippen LogP contribution in [0.25, 0.3) is 0 Å². The lowest BCUT2D eigenvalue weighted by Crippen LogP contribution is -2.40. The molecule has 0 fully saturated rings. The van der Waals surface area contributed by atoms with Crippen LogP contribution < -0.4 is 15.4 Å². The lowest BCUT2D eigenvalue weighted by Gasteiger charge is -2.19. The molecular formula is C16H19Cl2N3O5S2. The van der Waals surface area contributed by atoms with E-state index < -0.39 is 34.5 Å². The molecule has 0 radical (unpaired) electrons. The lowest BCUT2D eigenvalue weighted by molar-refractivity contribution is 0.227. The first kappa shape index (κ1) is 22.7. The molecule has 1 heterocycles. The first-order valence-electron chi connectivity index (χ1n) is 8.02. The number of carbonyl (C=O) groups is 1. The smallest absolute Gasteiger partial charge is 0.323 e. The van der Waals surface area contributed by atoms with Crippen LogP contribution in [0.1, 0.15) is 13.8 Å². The van der Waals surface area contributed by atoms with Gasteiger partial charge in [-0.2, -0.15) is 0 Å². The van der Waals surface area contributed by atoms with Crippen LogP contribution in [0, 0.1) is 5.92 Å². The van der Waals surface area contributed by atoms with Gasteiger partial charge in [0.2, 0.25) is 0 Å². The summed E-state index contributed by atoms with van der Waals surface area (Å²) in [5.74, 6) is -0.766. The predicted molar refractivity (Wildman–Crippen MR) is 111 cm³/mol. The summed E-state index contributed by atoms with van der Waals surface area (Å²) < 4.78 is 26.9. The molecule has 12 heteroatoms. The van der Waals surface area contributed by atoms with E-state index in [0.717, 1.165) is 11.3 Å². The molecule has 1 atom stereocenters. The molecule has 0 aliphatic carbocycles. The van der Waals surface area contributed by atoms with Crippen LogP contribution in [-0.4, -0.2) is 37.3 Å². The van der Waals surface area contributed by atoms with E-state index in [1.807, 2.05) is 0 Å². The third-order valence-electron chi connectivity index (χ3n) is 3.73. The zero-order valence-electron chi connectivity index (χ0n) is 14.9. The van der Waals surface area contributed by atoms with Crippen LogP contribution in [0.5, 0.6) is 5.75 Å². The molecule has 0 saturated heterocycles. The van der Waals surface area contributed by atoms with Gasteiger partial charge in [-0.15, -0.1) is 11.3 Å². The Balaban J connectivity index is 2.16. The zero-order valence-corrected chi connectivity index (χ0v) is 18.0. The van der Waals surface area contributed by atoms with Crippen molar-refractivity contribution < 1.29 is 23.4 Å². The molecule has 0 unspecified atom stereocenters. The number of aliphatic hydroxyl groups excluding tert-OH is 1. The van der Waals surface area contributed by atoms with Crippen LogP contribution in [0.2, 0.25) is 10.0 Å². The van der Waals surface area contributed by atoms with Crippen LogP contribution in [0.15, 0.2) is 27.8 Å². The summed E-state index contributed by atoms with van der Waals surface area (Å²) in [4.78, 5) is 12.1. The third kappa shape index (κ3) is 5.28. The second-order valence-corrected chi connectivity index (χ2v) is 9.69. The maximum atomic E-state index is 12.5. The van der Waals surface area contributed by atoms with E-state index in [2.05, 4.69) is 15.4 Å². The molecule has 1 aromatic heterocycles. The van der Waals surface area contributed by atoms with Gasteiger partial charge in [0.1, 0.15) is 0 Å². The topological polar surface area (TPSA) is 128 Å². The number of carbonyl (C=O) groups excluding carboxylic acids is 1. The molecule has 1 aromatic carbocycles. The van der Waals surface area contributed by atoms with Crippen molar-refractivity contribution in [1.82, 2.24) is 4.72 Å². The van der Waals surface area contributed by atoms with E-state index in [1.165, 1.54) is 11.4 Å². The number of sulfonamides is 1. The maximum Gasteiger partial charge on any atom is 0.323 e. The highest BCUT2D eigenvalue weighted by Gasteiger charge is 2.28. The molecule has 2 aromatic rings. The second kappa shape index (κ2) is 9.29. The normalized spacial score (nSPS) is 12.8. The van der Waals surface area contributed by atoms with Gasteiger partial charge in [-0.3, -0.25) is 0 Å². The number of halogens is 2. The number of thiophene rings is 1. The summed E-state index contributed by atoms with van der Waals surface area (Å²) in [5.41, 5.74) is 0.157. The summed E-state index contributed by atoms with van der Waals surface area (Å²) in [6.07, 6.45) is 0. The number of hydrogen-bond acceptors (Lipinski definition) is 6. The van der Waals surface area contributed by atoms with Crippen molar-refractivity contribution in [1.29, 1.82) is 0 Å². The number of rotatable bonds is 7. The van der Waals surface area contributed by atoms with E-state index in [4.69, 9.17) is 23.2 Å². The number of hydrogen-bond donors (Lipinski definition) is 5. The van der Waals surface area contributed by atoms with Crippen LogP contribution >= 0.6 is 34.5 Å². The Bertz CT molecular complexity index is 963. The van der Waals surface area contributed by atoms with Gasteiger partial charge in [-0.1, -0.05) is 43.1 Å². The number of nitrogens with one attached hydrogen (secondary N) is 3. The van der Waals surface area contributed by atoms with Crippen molar-refractivity contribution in [2.24, 2.45) is 5.92 Å². The second-order valence-electron chi connectivity index (χ2n) is 6.12. The molecule has 0 saturated carbocycles. The third-order valence-corrected chi connectivity index (χ3v) is 7.55. The largest absolute Gasteiger partial charge is 0.504 e. The van der Waals surface area contributed by atoms with E-state index in [1.54, 1.807) is 26.0 Å². The fourth-order valence-electron chi connectivity index (χ4n) is 2.13. The Morgan fingerprint density at radius 2 is 1.86 bits per heavy atom. The number of aromatic hydroxyl groups is 1. The van der Waals surface area contributed by atoms with Crippen molar-refractivity contribution in [2.45, 2.75) is 24.1 Å². The first-order chi connectivity index (χ1) is 13.1. The molecule has 0 aliphatic rings. The number of urea groups is 1. The van der Waals surface area contributed by atoms with Crippen molar-refractivity contribution in [3.05, 3.63) is 33.6 Å². The number of benzene rings is 1. The lowest BCUT2D eigenvalue weighted by atomic mass is 10.1. The highest BCUT2D eigenvalue weighted by molar-refractivity contribution is 7.91. The monoisotopic (exact) mass is 467 g/mol. The summed E-state index contributed by atoms with van der Waals surface area (Å²) in [7, 11) is -4.09. The molecule has 0 spiro atoms. The average Bonchev–Trinajstić information content (AvgIpc) is 2.98. The summed E-state index contributed by atoms with van der Waals surface area (Å²) in [6.45, 7) is 3.10. The minimum Gasteiger partial charge on any atom is -0.504 e. The molecule has 0 aliphatic heterocycles. The highest BCUT2D eigenvalue weighted by Crippen LogP contribution is 2.38. The van der Waals surface area contributed by atoms with E-state index >= 15 is 0 Å². The molecule has 5 N–H and O–H groups in total. The highest BCUT2D eigenvalue weighted by atomic mass is 35.5.